The summed E-state index contributed by atoms with van der Waals surface area (Å²) in [4.78, 5) is 34.7. The van der Waals surface area contributed by atoms with E-state index in [9.17, 15) is 27.2 Å². The van der Waals surface area contributed by atoms with E-state index in [2.05, 4.69) is 0 Å². The largest absolute Gasteiger partial charge is 0.490 e. The molecule has 1 aromatic heterocycles. The van der Waals surface area contributed by atoms with Crippen LogP contribution in [0.1, 0.15) is 30.4 Å². The van der Waals surface area contributed by atoms with Gasteiger partial charge in [-0.15, -0.1) is 0 Å². The number of carboxylic acids is 1. The molecule has 0 bridgehead atoms. The number of benzene rings is 1. The van der Waals surface area contributed by atoms with Crippen molar-refractivity contribution in [2.24, 2.45) is 12.8 Å². The number of aryl methyl sites for hydroxylation is 2. The number of likely N-dealkylation sites (tertiary alicyclic amines) is 1. The third-order valence-electron chi connectivity index (χ3n) is 5.69. The van der Waals surface area contributed by atoms with Crippen LogP contribution in [-0.2, 0) is 16.6 Å². The minimum atomic E-state index is -5.08. The van der Waals surface area contributed by atoms with Gasteiger partial charge in [-0.05, 0) is 30.0 Å². The highest BCUT2D eigenvalue weighted by atomic mass is 19.4. The van der Waals surface area contributed by atoms with Crippen molar-refractivity contribution in [3.05, 3.63) is 58.0 Å². The van der Waals surface area contributed by atoms with Gasteiger partial charge in [-0.3, -0.25) is 9.59 Å². The van der Waals surface area contributed by atoms with E-state index in [1.807, 2.05) is 44.3 Å². The lowest BCUT2D eigenvalue weighted by Crippen LogP contribution is -2.45. The lowest BCUT2D eigenvalue weighted by atomic mass is 9.91. The second-order valence-corrected chi connectivity index (χ2v) is 8.23. The number of halogens is 4. The van der Waals surface area contributed by atoms with Crippen molar-refractivity contribution >= 4 is 11.9 Å². The lowest BCUT2D eigenvalue weighted by Gasteiger charge is -2.25. The molecule has 1 amide bonds. The molecule has 3 rings (SSSR count). The third-order valence-corrected chi connectivity index (χ3v) is 5.69. The summed E-state index contributed by atoms with van der Waals surface area (Å²) < 4.78 is 46.7. The number of aromatic nitrogens is 1. The van der Waals surface area contributed by atoms with Crippen molar-refractivity contribution in [3.63, 3.8) is 0 Å². The number of nitrogens with zero attached hydrogens (tertiary/aromatic N) is 2. The molecular weight excluding hydrogens is 458 g/mol. The maximum Gasteiger partial charge on any atom is 0.490 e. The number of hydrogen-bond donors (Lipinski definition) is 2. The zero-order valence-electron chi connectivity index (χ0n) is 19.0. The number of carbonyl (C=O) groups is 2. The molecule has 2 heterocycles. The van der Waals surface area contributed by atoms with E-state index in [-0.39, 0.29) is 23.9 Å². The summed E-state index contributed by atoms with van der Waals surface area (Å²) in [6, 6.07) is 8.79. The van der Waals surface area contributed by atoms with Crippen molar-refractivity contribution in [1.29, 1.82) is 0 Å². The van der Waals surface area contributed by atoms with E-state index in [1.165, 1.54) is 4.90 Å². The van der Waals surface area contributed by atoms with Crippen molar-refractivity contribution in [2.45, 2.75) is 44.6 Å². The molecule has 1 aliphatic heterocycles. The Kier molecular flexibility index (Phi) is 8.60. The Morgan fingerprint density at radius 2 is 1.76 bits per heavy atom. The van der Waals surface area contributed by atoms with Gasteiger partial charge in [0.1, 0.15) is 6.17 Å². The van der Waals surface area contributed by atoms with Crippen LogP contribution in [0.15, 0.2) is 41.3 Å². The van der Waals surface area contributed by atoms with Crippen LogP contribution < -0.4 is 11.3 Å². The Balaban J connectivity index is 0.000000509. The molecule has 7 nitrogen and oxygen atoms in total. The van der Waals surface area contributed by atoms with Crippen LogP contribution in [0.5, 0.6) is 0 Å². The minimum Gasteiger partial charge on any atom is -0.475 e. The van der Waals surface area contributed by atoms with Crippen LogP contribution >= 0.6 is 0 Å². The normalized spacial score (nSPS) is 17.5. The predicted molar refractivity (Wildman–Crippen MR) is 118 cm³/mol. The maximum absolute atomic E-state index is 13.4. The highest BCUT2D eigenvalue weighted by molar-refractivity contribution is 5.83. The van der Waals surface area contributed by atoms with Crippen LogP contribution in [0.4, 0.5) is 17.6 Å². The van der Waals surface area contributed by atoms with Gasteiger partial charge in [0.2, 0.25) is 5.91 Å². The van der Waals surface area contributed by atoms with Crippen LogP contribution in [0.25, 0.3) is 11.1 Å². The molecule has 1 aromatic carbocycles. The molecule has 2 aromatic rings. The number of alkyl halides is 4. The van der Waals surface area contributed by atoms with Gasteiger partial charge in [0.25, 0.3) is 5.56 Å². The summed E-state index contributed by atoms with van der Waals surface area (Å²) in [5, 5.41) is 7.12. The van der Waals surface area contributed by atoms with Crippen molar-refractivity contribution < 1.29 is 32.3 Å². The third kappa shape index (κ3) is 6.66. The average molecular weight is 485 g/mol. The molecule has 0 spiro atoms. The van der Waals surface area contributed by atoms with Gasteiger partial charge in [-0.1, -0.05) is 31.2 Å². The minimum absolute atomic E-state index is 0.0385. The number of carbonyl (C=O) groups excluding carboxylic acids is 1. The smallest absolute Gasteiger partial charge is 0.475 e. The first kappa shape index (κ1) is 27.0. The summed E-state index contributed by atoms with van der Waals surface area (Å²) >= 11 is 0. The highest BCUT2D eigenvalue weighted by Crippen LogP contribution is 2.26. The number of nitrogens with two attached hydrogens (primary N) is 1. The molecule has 0 unspecified atom stereocenters. The fourth-order valence-electron chi connectivity index (χ4n) is 3.54. The second-order valence-electron chi connectivity index (χ2n) is 8.23. The van der Waals surface area contributed by atoms with Gasteiger partial charge < -0.3 is 20.3 Å². The SMILES string of the molecule is Cc1cc(=O)n(C)cc1-c1ccc([C@H](C)[C@H](N)C(=O)N2CC[C@H](F)C2)cc1.O=C(O)C(F)(F)F. The molecule has 11 heteroatoms. The van der Waals surface area contributed by atoms with E-state index in [4.69, 9.17) is 15.6 Å². The molecule has 3 atom stereocenters. The number of aliphatic carboxylic acids is 1. The fraction of sp³-hybridized carbons (Fsp3) is 0.435. The Morgan fingerprint density at radius 3 is 2.24 bits per heavy atom. The van der Waals surface area contributed by atoms with Gasteiger partial charge in [0.05, 0.1) is 12.6 Å². The van der Waals surface area contributed by atoms with Crippen molar-refractivity contribution in [2.75, 3.05) is 13.1 Å². The maximum atomic E-state index is 13.4. The quantitative estimate of drug-likeness (QED) is 0.648. The van der Waals surface area contributed by atoms with Gasteiger partial charge >= 0.3 is 12.1 Å². The van der Waals surface area contributed by atoms with Crippen LogP contribution in [0, 0.1) is 6.92 Å². The predicted octanol–water partition coefficient (Wildman–Crippen LogP) is 3.00. The Labute approximate surface area is 193 Å². The zero-order valence-corrected chi connectivity index (χ0v) is 19.0. The van der Waals surface area contributed by atoms with Gasteiger partial charge in [0.15, 0.2) is 0 Å². The number of rotatable bonds is 4. The first-order valence-electron chi connectivity index (χ1n) is 10.5. The molecule has 1 fully saturated rings. The molecule has 1 aliphatic rings. The first-order valence-corrected chi connectivity index (χ1v) is 10.5. The van der Waals surface area contributed by atoms with Crippen LogP contribution in [0.3, 0.4) is 0 Å². The summed E-state index contributed by atoms with van der Waals surface area (Å²) in [6.07, 6.45) is -3.81. The standard InChI is InChI=1S/C21H26FN3O2.C2HF3O2/c1-13-10-19(26)24(3)12-18(13)16-6-4-15(5-7-16)14(2)20(23)21(27)25-9-8-17(22)11-25;3-2(4,5)1(6)7/h4-7,10,12,14,17,20H,8-9,11,23H2,1-3H3;(H,6,7)/t14-,17-,20-;/m0./s1. The summed E-state index contributed by atoms with van der Waals surface area (Å²) in [7, 11) is 1.73. The van der Waals surface area contributed by atoms with Crippen molar-refractivity contribution in [3.8, 4) is 11.1 Å². The highest BCUT2D eigenvalue weighted by Gasteiger charge is 2.38. The average Bonchev–Trinajstić information content (AvgIpc) is 3.21. The molecular formula is C23H27F4N3O4. The Morgan fingerprint density at radius 1 is 1.21 bits per heavy atom. The van der Waals surface area contributed by atoms with E-state index < -0.39 is 24.4 Å². The molecule has 0 radical (unpaired) electrons. The van der Waals surface area contributed by atoms with Crippen LogP contribution in [0.2, 0.25) is 0 Å². The molecule has 3 N–H and O–H groups in total. The molecule has 1 saturated heterocycles. The number of hydrogen-bond acceptors (Lipinski definition) is 4. The molecule has 0 aliphatic carbocycles. The van der Waals surface area contributed by atoms with E-state index in [1.54, 1.807) is 17.7 Å². The number of pyridine rings is 1. The second kappa shape index (κ2) is 10.8. The summed E-state index contributed by atoms with van der Waals surface area (Å²) in [5.74, 6) is -3.13. The molecule has 0 saturated carbocycles. The fourth-order valence-corrected chi connectivity index (χ4v) is 3.54. The molecule has 34 heavy (non-hydrogen) atoms. The van der Waals surface area contributed by atoms with Gasteiger partial charge in [0, 0.05) is 37.3 Å². The Bertz CT molecular complexity index is 1080. The first-order chi connectivity index (χ1) is 15.7. The van der Waals surface area contributed by atoms with Gasteiger partial charge in [-0.25, -0.2) is 9.18 Å². The summed E-state index contributed by atoms with van der Waals surface area (Å²) in [5.41, 5.74) is 10.00. The summed E-state index contributed by atoms with van der Waals surface area (Å²) in [6.45, 7) is 4.41. The zero-order chi connectivity index (χ0) is 25.8. The van der Waals surface area contributed by atoms with Gasteiger partial charge in [-0.2, -0.15) is 13.2 Å². The Hall–Kier alpha value is -3.21. The topological polar surface area (TPSA) is 106 Å². The molecule has 186 valence electrons. The van der Waals surface area contributed by atoms with E-state index >= 15 is 0 Å². The lowest BCUT2D eigenvalue weighted by molar-refractivity contribution is -0.192. The monoisotopic (exact) mass is 485 g/mol. The number of amides is 1. The van der Waals surface area contributed by atoms with Crippen molar-refractivity contribution in [1.82, 2.24) is 9.47 Å². The van der Waals surface area contributed by atoms with E-state index in [0.29, 0.717) is 13.0 Å². The number of carboxylic acid groups (broad SMARTS) is 1. The van der Waals surface area contributed by atoms with E-state index in [0.717, 1.165) is 22.3 Å². The van der Waals surface area contributed by atoms with Crippen LogP contribution in [-0.4, -0.2) is 57.9 Å².